The first-order valence-corrected chi connectivity index (χ1v) is 8.53. The molecule has 25 heavy (non-hydrogen) atoms. The second-order valence-corrected chi connectivity index (χ2v) is 5.82. The van der Waals surface area contributed by atoms with Gasteiger partial charge in [0.25, 0.3) is 0 Å². The second kappa shape index (κ2) is 9.20. The second-order valence-electron chi connectivity index (χ2n) is 5.82. The Morgan fingerprint density at radius 1 is 1.04 bits per heavy atom. The van der Waals surface area contributed by atoms with Crippen LogP contribution in [0.2, 0.25) is 0 Å². The van der Waals surface area contributed by atoms with Crippen molar-refractivity contribution in [1.82, 2.24) is 4.90 Å². The highest BCUT2D eigenvalue weighted by Gasteiger charge is 2.25. The summed E-state index contributed by atoms with van der Waals surface area (Å²) >= 11 is 0. The predicted molar refractivity (Wildman–Crippen MR) is 94.5 cm³/mol. The van der Waals surface area contributed by atoms with Crippen LogP contribution in [-0.4, -0.2) is 50.3 Å². The Kier molecular flexibility index (Phi) is 6.42. The van der Waals surface area contributed by atoms with E-state index in [9.17, 15) is 4.79 Å². The number of morpholine rings is 1. The van der Waals surface area contributed by atoms with Gasteiger partial charge in [-0.15, -0.1) is 0 Å². The van der Waals surface area contributed by atoms with E-state index in [2.05, 4.69) is 0 Å². The van der Waals surface area contributed by atoms with Crippen LogP contribution in [-0.2, 0) is 14.3 Å². The Balaban J connectivity index is 1.38. The zero-order valence-electron chi connectivity index (χ0n) is 14.2. The summed E-state index contributed by atoms with van der Waals surface area (Å²) in [6, 6.07) is 19.5. The minimum absolute atomic E-state index is 0.0102. The third kappa shape index (κ3) is 5.31. The van der Waals surface area contributed by atoms with Crippen LogP contribution in [0, 0.1) is 0 Å². The molecule has 0 aromatic heterocycles. The predicted octanol–water partition coefficient (Wildman–Crippen LogP) is 2.68. The quantitative estimate of drug-likeness (QED) is 0.727. The van der Waals surface area contributed by atoms with Gasteiger partial charge >= 0.3 is 0 Å². The third-order valence-electron chi connectivity index (χ3n) is 4.06. The molecule has 5 nitrogen and oxygen atoms in total. The first kappa shape index (κ1) is 17.5. The van der Waals surface area contributed by atoms with E-state index in [1.807, 2.05) is 60.7 Å². The fourth-order valence-corrected chi connectivity index (χ4v) is 2.73. The Morgan fingerprint density at radius 3 is 2.52 bits per heavy atom. The van der Waals surface area contributed by atoms with Gasteiger partial charge in [-0.1, -0.05) is 48.5 Å². The molecule has 1 atom stereocenters. The van der Waals surface area contributed by atoms with Gasteiger partial charge in [0.2, 0.25) is 5.91 Å². The van der Waals surface area contributed by atoms with Crippen molar-refractivity contribution in [3.8, 4) is 5.75 Å². The van der Waals surface area contributed by atoms with E-state index in [1.165, 1.54) is 0 Å². The lowest BCUT2D eigenvalue weighted by Gasteiger charge is -2.33. The molecule has 0 radical (unpaired) electrons. The maximum Gasteiger partial charge on any atom is 0.248 e. The molecule has 1 saturated heterocycles. The molecule has 2 aromatic carbocycles. The molecule has 1 amide bonds. The van der Waals surface area contributed by atoms with Gasteiger partial charge < -0.3 is 19.1 Å². The normalized spacial score (nSPS) is 17.3. The van der Waals surface area contributed by atoms with Gasteiger partial charge in [-0.25, -0.2) is 0 Å². The highest BCUT2D eigenvalue weighted by atomic mass is 16.5. The molecule has 0 unspecified atom stereocenters. The highest BCUT2D eigenvalue weighted by molar-refractivity contribution is 5.77. The molecular formula is C20H23NO4. The first-order chi connectivity index (χ1) is 12.3. The molecule has 0 N–H and O–H groups in total. The number of rotatable bonds is 7. The Hall–Kier alpha value is -2.37. The summed E-state index contributed by atoms with van der Waals surface area (Å²) in [4.78, 5) is 14.1. The molecule has 0 spiro atoms. The molecule has 0 saturated carbocycles. The lowest BCUT2D eigenvalue weighted by Crippen LogP contribution is -2.44. The Labute approximate surface area is 148 Å². The number of amides is 1. The van der Waals surface area contributed by atoms with Gasteiger partial charge in [0, 0.05) is 6.54 Å². The van der Waals surface area contributed by atoms with E-state index < -0.39 is 0 Å². The van der Waals surface area contributed by atoms with Crippen molar-refractivity contribution >= 4 is 5.91 Å². The number of nitrogens with zero attached hydrogens (tertiary/aromatic N) is 1. The maximum absolute atomic E-state index is 12.3. The van der Waals surface area contributed by atoms with Crippen LogP contribution in [0.15, 0.2) is 60.7 Å². The summed E-state index contributed by atoms with van der Waals surface area (Å²) in [5.74, 6) is 0.792. The summed E-state index contributed by atoms with van der Waals surface area (Å²) in [6.45, 7) is 2.58. The zero-order valence-corrected chi connectivity index (χ0v) is 14.2. The van der Waals surface area contributed by atoms with Gasteiger partial charge in [-0.05, 0) is 17.7 Å². The van der Waals surface area contributed by atoms with E-state index in [1.54, 1.807) is 4.90 Å². The topological polar surface area (TPSA) is 48.0 Å². The van der Waals surface area contributed by atoms with Crippen LogP contribution in [0.4, 0.5) is 0 Å². The van der Waals surface area contributed by atoms with Crippen molar-refractivity contribution in [2.45, 2.75) is 6.10 Å². The Morgan fingerprint density at radius 2 is 1.76 bits per heavy atom. The SMILES string of the molecule is O=C(COCCOc1ccccc1)N1CCO[C@@H](c2ccccc2)C1. The molecule has 0 aliphatic carbocycles. The highest BCUT2D eigenvalue weighted by Crippen LogP contribution is 2.21. The zero-order chi connectivity index (χ0) is 17.3. The van der Waals surface area contributed by atoms with Crippen molar-refractivity contribution < 1.29 is 19.0 Å². The summed E-state index contributed by atoms with van der Waals surface area (Å²) in [7, 11) is 0. The fraction of sp³-hybridized carbons (Fsp3) is 0.350. The average Bonchev–Trinajstić information content (AvgIpc) is 2.69. The van der Waals surface area contributed by atoms with Gasteiger partial charge in [0.05, 0.1) is 19.8 Å². The van der Waals surface area contributed by atoms with Crippen molar-refractivity contribution in [2.24, 2.45) is 0 Å². The number of hydrogen-bond donors (Lipinski definition) is 0. The summed E-state index contributed by atoms with van der Waals surface area (Å²) in [5, 5.41) is 0. The fourth-order valence-electron chi connectivity index (χ4n) is 2.73. The number of benzene rings is 2. The Bertz CT molecular complexity index is 647. The molecule has 132 valence electrons. The van der Waals surface area contributed by atoms with Crippen molar-refractivity contribution in [2.75, 3.05) is 39.5 Å². The molecular weight excluding hydrogens is 318 g/mol. The summed E-state index contributed by atoms with van der Waals surface area (Å²) < 4.78 is 16.8. The third-order valence-corrected chi connectivity index (χ3v) is 4.06. The van der Waals surface area contributed by atoms with Gasteiger partial charge in [-0.3, -0.25) is 4.79 Å². The van der Waals surface area contributed by atoms with E-state index in [4.69, 9.17) is 14.2 Å². The number of carbonyl (C=O) groups is 1. The lowest BCUT2D eigenvalue weighted by molar-refractivity contribution is -0.144. The van der Waals surface area contributed by atoms with Crippen LogP contribution in [0.1, 0.15) is 11.7 Å². The van der Waals surface area contributed by atoms with Crippen molar-refractivity contribution in [1.29, 1.82) is 0 Å². The number of ether oxygens (including phenoxy) is 3. The molecule has 2 aromatic rings. The van der Waals surface area contributed by atoms with E-state index >= 15 is 0 Å². The number of hydrogen-bond acceptors (Lipinski definition) is 4. The average molecular weight is 341 g/mol. The van der Waals surface area contributed by atoms with Crippen molar-refractivity contribution in [3.05, 3.63) is 66.2 Å². The van der Waals surface area contributed by atoms with Crippen LogP contribution in [0.25, 0.3) is 0 Å². The van der Waals surface area contributed by atoms with Crippen molar-refractivity contribution in [3.63, 3.8) is 0 Å². The molecule has 5 heteroatoms. The van der Waals surface area contributed by atoms with Crippen LogP contribution < -0.4 is 4.74 Å². The van der Waals surface area contributed by atoms with E-state index in [-0.39, 0.29) is 18.6 Å². The van der Waals surface area contributed by atoms with Crippen LogP contribution in [0.3, 0.4) is 0 Å². The summed E-state index contributed by atoms with van der Waals surface area (Å²) in [5.41, 5.74) is 1.09. The lowest BCUT2D eigenvalue weighted by atomic mass is 10.1. The summed E-state index contributed by atoms with van der Waals surface area (Å²) in [6.07, 6.45) is -0.0692. The minimum atomic E-state index is -0.0692. The largest absolute Gasteiger partial charge is 0.491 e. The first-order valence-electron chi connectivity index (χ1n) is 8.53. The molecule has 1 heterocycles. The van der Waals surface area contributed by atoms with Crippen LogP contribution in [0.5, 0.6) is 5.75 Å². The smallest absolute Gasteiger partial charge is 0.248 e. The van der Waals surface area contributed by atoms with Gasteiger partial charge in [0.1, 0.15) is 25.1 Å². The number of para-hydroxylation sites is 1. The standard InChI is InChI=1S/C20H23NO4/c22-20(16-23-13-14-24-18-9-5-2-6-10-18)21-11-12-25-19(15-21)17-7-3-1-4-8-17/h1-10,19H,11-16H2/t19-/m1/s1. The monoisotopic (exact) mass is 341 g/mol. The molecule has 1 aliphatic rings. The maximum atomic E-state index is 12.3. The molecule has 0 bridgehead atoms. The molecule has 1 aliphatic heterocycles. The molecule has 3 rings (SSSR count). The van der Waals surface area contributed by atoms with Gasteiger partial charge in [0.15, 0.2) is 0 Å². The van der Waals surface area contributed by atoms with E-state index in [0.717, 1.165) is 11.3 Å². The number of carbonyl (C=O) groups excluding carboxylic acids is 1. The van der Waals surface area contributed by atoms with E-state index in [0.29, 0.717) is 32.9 Å². The van der Waals surface area contributed by atoms with Crippen LogP contribution >= 0.6 is 0 Å². The van der Waals surface area contributed by atoms with Gasteiger partial charge in [-0.2, -0.15) is 0 Å². The minimum Gasteiger partial charge on any atom is -0.491 e. The molecule has 1 fully saturated rings.